The highest BCUT2D eigenvalue weighted by Crippen LogP contribution is 2.48. The topological polar surface area (TPSA) is 26.0 Å². The maximum Gasteiger partial charge on any atom is 0.0731 e. The fourth-order valence-corrected chi connectivity index (χ4v) is 4.22. The number of hydrogen-bond donors (Lipinski definition) is 1. The van der Waals surface area contributed by atoms with Gasteiger partial charge in [-0.3, -0.25) is 0 Å². The number of nitrogens with two attached hydrogens (primary N) is 1. The second-order valence-electron chi connectivity index (χ2n) is 4.94. The molecule has 0 saturated heterocycles. The zero-order valence-electron chi connectivity index (χ0n) is 9.35. The Labute approximate surface area is 104 Å². The van der Waals surface area contributed by atoms with E-state index >= 15 is 0 Å². The fourth-order valence-electron chi connectivity index (χ4n) is 2.47. The predicted molar refractivity (Wildman–Crippen MR) is 70.3 cm³/mol. The quantitative estimate of drug-likeness (QED) is 0.857. The van der Waals surface area contributed by atoms with Crippen molar-refractivity contribution in [3.8, 4) is 0 Å². The van der Waals surface area contributed by atoms with Crippen LogP contribution < -0.4 is 5.73 Å². The molecule has 1 aliphatic rings. The largest absolute Gasteiger partial charge is 0.323 e. The third kappa shape index (κ3) is 2.15. The first-order valence-electron chi connectivity index (χ1n) is 5.54. The van der Waals surface area contributed by atoms with Crippen molar-refractivity contribution in [2.75, 3.05) is 0 Å². The number of hydrogen-bond acceptors (Lipinski definition) is 2. The number of halogens is 1. The van der Waals surface area contributed by atoms with Crippen LogP contribution in [0.5, 0.6) is 0 Å². The van der Waals surface area contributed by atoms with E-state index in [-0.39, 0.29) is 6.04 Å². The number of thiophene rings is 1. The van der Waals surface area contributed by atoms with Crippen LogP contribution in [0.15, 0.2) is 9.85 Å². The average molecular weight is 288 g/mol. The molecule has 1 fully saturated rings. The zero-order chi connectivity index (χ0) is 11.1. The van der Waals surface area contributed by atoms with Crippen LogP contribution in [0, 0.1) is 12.3 Å². The molecule has 1 aromatic heterocycles. The van der Waals surface area contributed by atoms with Gasteiger partial charge in [-0.05, 0) is 52.7 Å². The molecule has 0 aromatic carbocycles. The van der Waals surface area contributed by atoms with Gasteiger partial charge >= 0.3 is 0 Å². The molecule has 1 unspecified atom stereocenters. The number of rotatable bonds is 2. The molecule has 0 amide bonds. The second-order valence-corrected chi connectivity index (χ2v) is 7.35. The monoisotopic (exact) mass is 287 g/mol. The van der Waals surface area contributed by atoms with Crippen molar-refractivity contribution in [1.82, 2.24) is 0 Å². The molecule has 3 heteroatoms. The minimum absolute atomic E-state index is 0.218. The summed E-state index contributed by atoms with van der Waals surface area (Å²) in [6.45, 7) is 4.47. The highest BCUT2D eigenvalue weighted by Gasteiger charge is 2.36. The van der Waals surface area contributed by atoms with E-state index in [1.807, 2.05) is 0 Å². The van der Waals surface area contributed by atoms with E-state index in [1.165, 1.54) is 39.9 Å². The van der Waals surface area contributed by atoms with E-state index in [0.717, 1.165) is 0 Å². The lowest BCUT2D eigenvalue weighted by molar-refractivity contribution is 0.268. The fraction of sp³-hybridized carbons (Fsp3) is 0.667. The summed E-state index contributed by atoms with van der Waals surface area (Å²) < 4.78 is 1.23. The van der Waals surface area contributed by atoms with Gasteiger partial charge in [0.05, 0.1) is 3.79 Å². The standard InChI is InChI=1S/C12H18BrNS/c1-8-7-9(15-11(8)13)10(14)12(2)5-3-4-6-12/h7,10H,3-6,14H2,1-2H3. The lowest BCUT2D eigenvalue weighted by Gasteiger charge is -2.30. The molecule has 1 nitrogen and oxygen atoms in total. The molecular weight excluding hydrogens is 270 g/mol. The van der Waals surface area contributed by atoms with Gasteiger partial charge in [0.1, 0.15) is 0 Å². The summed E-state index contributed by atoms with van der Waals surface area (Å²) in [5.74, 6) is 0. The Kier molecular flexibility index (Phi) is 3.25. The molecule has 1 aliphatic carbocycles. The van der Waals surface area contributed by atoms with Gasteiger partial charge in [-0.25, -0.2) is 0 Å². The maximum atomic E-state index is 6.41. The Bertz CT molecular complexity index is 333. The van der Waals surface area contributed by atoms with E-state index in [2.05, 4.69) is 35.8 Å². The van der Waals surface area contributed by atoms with Gasteiger partial charge in [0.25, 0.3) is 0 Å². The molecule has 1 saturated carbocycles. The maximum absolute atomic E-state index is 6.41. The molecule has 0 bridgehead atoms. The molecule has 15 heavy (non-hydrogen) atoms. The highest BCUT2D eigenvalue weighted by atomic mass is 79.9. The lowest BCUT2D eigenvalue weighted by Crippen LogP contribution is -2.28. The van der Waals surface area contributed by atoms with Crippen molar-refractivity contribution in [2.24, 2.45) is 11.1 Å². The first-order chi connectivity index (χ1) is 7.03. The number of aryl methyl sites for hydroxylation is 1. The Morgan fingerprint density at radius 3 is 2.53 bits per heavy atom. The van der Waals surface area contributed by atoms with E-state index in [4.69, 9.17) is 5.73 Å². The van der Waals surface area contributed by atoms with Crippen LogP contribution in [0.3, 0.4) is 0 Å². The molecule has 1 atom stereocenters. The molecule has 0 radical (unpaired) electrons. The van der Waals surface area contributed by atoms with Gasteiger partial charge in [-0.1, -0.05) is 19.8 Å². The van der Waals surface area contributed by atoms with Crippen LogP contribution >= 0.6 is 27.3 Å². The van der Waals surface area contributed by atoms with E-state index in [9.17, 15) is 0 Å². The SMILES string of the molecule is Cc1cc(C(N)C2(C)CCCC2)sc1Br. The Hall–Kier alpha value is 0.140. The van der Waals surface area contributed by atoms with Crippen LogP contribution in [-0.4, -0.2) is 0 Å². The second kappa shape index (κ2) is 4.19. The van der Waals surface area contributed by atoms with Crippen LogP contribution in [0.4, 0.5) is 0 Å². The van der Waals surface area contributed by atoms with Crippen LogP contribution in [0.1, 0.15) is 49.1 Å². The summed E-state index contributed by atoms with van der Waals surface area (Å²) in [5, 5.41) is 0. The minimum atomic E-state index is 0.218. The van der Waals surface area contributed by atoms with Gasteiger partial charge in [0.2, 0.25) is 0 Å². The third-order valence-corrected chi connectivity index (χ3v) is 5.90. The van der Waals surface area contributed by atoms with Crippen molar-refractivity contribution >= 4 is 27.3 Å². The smallest absolute Gasteiger partial charge is 0.0731 e. The molecule has 1 heterocycles. The van der Waals surface area contributed by atoms with Crippen LogP contribution in [-0.2, 0) is 0 Å². The summed E-state index contributed by atoms with van der Waals surface area (Å²) in [6.07, 6.45) is 5.25. The Morgan fingerprint density at radius 2 is 2.07 bits per heavy atom. The Balaban J connectivity index is 2.23. The highest BCUT2D eigenvalue weighted by molar-refractivity contribution is 9.11. The first kappa shape index (κ1) is 11.6. The average Bonchev–Trinajstić information content (AvgIpc) is 2.75. The van der Waals surface area contributed by atoms with Crippen molar-refractivity contribution in [3.63, 3.8) is 0 Å². The van der Waals surface area contributed by atoms with Gasteiger partial charge < -0.3 is 5.73 Å². The van der Waals surface area contributed by atoms with Crippen molar-refractivity contribution in [1.29, 1.82) is 0 Å². The lowest BCUT2D eigenvalue weighted by atomic mass is 9.80. The molecule has 0 spiro atoms. The van der Waals surface area contributed by atoms with Gasteiger partial charge in [-0.2, -0.15) is 0 Å². The summed E-state index contributed by atoms with van der Waals surface area (Å²) in [6, 6.07) is 2.46. The van der Waals surface area contributed by atoms with Crippen molar-refractivity contribution in [3.05, 3.63) is 20.3 Å². The van der Waals surface area contributed by atoms with Crippen molar-refractivity contribution < 1.29 is 0 Å². The summed E-state index contributed by atoms with van der Waals surface area (Å²) in [5.41, 5.74) is 8.05. The molecular formula is C12H18BrNS. The Morgan fingerprint density at radius 1 is 1.47 bits per heavy atom. The normalized spacial score (nSPS) is 21.9. The van der Waals surface area contributed by atoms with E-state index < -0.39 is 0 Å². The van der Waals surface area contributed by atoms with E-state index in [1.54, 1.807) is 11.3 Å². The van der Waals surface area contributed by atoms with Crippen LogP contribution in [0.2, 0.25) is 0 Å². The van der Waals surface area contributed by atoms with Crippen molar-refractivity contribution in [2.45, 2.75) is 45.6 Å². The summed E-state index contributed by atoms with van der Waals surface area (Å²) >= 11 is 5.37. The summed E-state index contributed by atoms with van der Waals surface area (Å²) in [7, 11) is 0. The molecule has 2 N–H and O–H groups in total. The molecule has 0 aliphatic heterocycles. The van der Waals surface area contributed by atoms with Gasteiger partial charge in [0.15, 0.2) is 0 Å². The molecule has 2 rings (SSSR count). The van der Waals surface area contributed by atoms with Crippen LogP contribution in [0.25, 0.3) is 0 Å². The van der Waals surface area contributed by atoms with E-state index in [0.29, 0.717) is 5.41 Å². The third-order valence-electron chi connectivity index (χ3n) is 3.68. The minimum Gasteiger partial charge on any atom is -0.323 e. The zero-order valence-corrected chi connectivity index (χ0v) is 11.7. The molecule has 84 valence electrons. The predicted octanol–water partition coefficient (Wildman–Crippen LogP) is 4.40. The molecule has 1 aromatic rings. The first-order valence-corrected chi connectivity index (χ1v) is 7.15. The summed E-state index contributed by atoms with van der Waals surface area (Å²) in [4.78, 5) is 1.34. The van der Waals surface area contributed by atoms with Gasteiger partial charge in [-0.15, -0.1) is 11.3 Å². The van der Waals surface area contributed by atoms with Gasteiger partial charge in [0, 0.05) is 10.9 Å².